The van der Waals surface area contributed by atoms with Gasteiger partial charge in [-0.1, -0.05) is 153 Å². The Hall–Kier alpha value is -5.25. The van der Waals surface area contributed by atoms with E-state index in [0.717, 1.165) is 44.9 Å². The normalized spacial score (nSPS) is 12.5. The zero-order valence-corrected chi connectivity index (χ0v) is 39.3. The van der Waals surface area contributed by atoms with E-state index in [4.69, 9.17) is 14.8 Å². The summed E-state index contributed by atoms with van der Waals surface area (Å²) in [5.74, 6) is 2.08. The molecule has 0 radical (unpaired) electrons. The molecule has 0 N–H and O–H groups in total. The Kier molecular flexibility index (Phi) is 11.2. The molecule has 3 aromatic heterocycles. The Morgan fingerprint density at radius 2 is 1.18 bits per heavy atom. The maximum Gasteiger partial charge on any atom is 2.00 e. The van der Waals surface area contributed by atoms with Crippen LogP contribution in [0.25, 0.3) is 33.3 Å². The van der Waals surface area contributed by atoms with Crippen molar-refractivity contribution in [3.05, 3.63) is 178 Å². The molecule has 0 aliphatic carbocycles. The van der Waals surface area contributed by atoms with Gasteiger partial charge in [0, 0.05) is 34.3 Å². The summed E-state index contributed by atoms with van der Waals surface area (Å²) in [6.07, 6.45) is 1.93. The molecule has 0 aliphatic rings. The van der Waals surface area contributed by atoms with E-state index in [9.17, 15) is 0 Å². The van der Waals surface area contributed by atoms with Crippen LogP contribution in [0, 0.1) is 26.0 Å². The van der Waals surface area contributed by atoms with Crippen LogP contribution in [0.4, 0.5) is 0 Å². The van der Waals surface area contributed by atoms with Gasteiger partial charge in [0.2, 0.25) is 0 Å². The molecule has 0 amide bonds. The average molecular weight is 972 g/mol. The summed E-state index contributed by atoms with van der Waals surface area (Å²) in [6, 6.07) is 48.7. The summed E-state index contributed by atoms with van der Waals surface area (Å²) in [6.45, 7) is 26.8. The molecule has 308 valence electrons. The maximum atomic E-state index is 7.02. The standard InChI is InChI=1S/C54H56N4O.Pt/c1-35-27-36(2)58(56-35)42-28-41(54(11,12)38-21-17-14-18-22-38)29-43(32-42)59-44-33-46(52(6,7)8)50-45-30-40(53(9,10)37-19-15-13-16-20-37)23-24-47(45)57(48(50)34-44)49-31-39(25-26-55-49)51(3,4)5;/h13-31,33H,1-12H3;/q-2;+2. The summed E-state index contributed by atoms with van der Waals surface area (Å²) in [5, 5.41) is 7.18. The van der Waals surface area contributed by atoms with Crippen LogP contribution < -0.4 is 4.74 Å². The Morgan fingerprint density at radius 3 is 1.77 bits per heavy atom. The number of hydrogen-bond donors (Lipinski definition) is 0. The van der Waals surface area contributed by atoms with E-state index in [-0.39, 0.29) is 42.7 Å². The molecule has 0 aliphatic heterocycles. The third-order valence-corrected chi connectivity index (χ3v) is 12.1. The first-order valence-corrected chi connectivity index (χ1v) is 20.7. The zero-order valence-electron chi connectivity index (χ0n) is 37.1. The van der Waals surface area contributed by atoms with E-state index in [0.29, 0.717) is 11.5 Å². The second-order valence-electron chi connectivity index (χ2n) is 19.3. The molecule has 8 aromatic rings. The van der Waals surface area contributed by atoms with Crippen LogP contribution in [0.3, 0.4) is 0 Å². The Labute approximate surface area is 371 Å². The maximum absolute atomic E-state index is 7.02. The zero-order chi connectivity index (χ0) is 42.1. The van der Waals surface area contributed by atoms with E-state index in [1.165, 1.54) is 33.2 Å². The molecular weight excluding hydrogens is 916 g/mol. The minimum atomic E-state index is -0.328. The third-order valence-electron chi connectivity index (χ3n) is 12.1. The van der Waals surface area contributed by atoms with Gasteiger partial charge in [-0.3, -0.25) is 4.68 Å². The molecule has 0 atom stereocenters. The summed E-state index contributed by atoms with van der Waals surface area (Å²) in [5.41, 5.74) is 11.2. The van der Waals surface area contributed by atoms with Crippen LogP contribution in [0.5, 0.6) is 11.5 Å². The first kappa shape index (κ1) is 42.9. The fraction of sp³-hybridized carbons (Fsp3) is 0.296. The van der Waals surface area contributed by atoms with Gasteiger partial charge >= 0.3 is 21.1 Å². The molecule has 6 heteroatoms. The van der Waals surface area contributed by atoms with Gasteiger partial charge in [0.1, 0.15) is 5.82 Å². The molecule has 8 rings (SSSR count). The molecule has 0 saturated heterocycles. The second-order valence-corrected chi connectivity index (χ2v) is 19.3. The first-order chi connectivity index (χ1) is 27.8. The van der Waals surface area contributed by atoms with E-state index in [1.54, 1.807) is 0 Å². The van der Waals surface area contributed by atoms with E-state index >= 15 is 0 Å². The monoisotopic (exact) mass is 971 g/mol. The predicted molar refractivity (Wildman–Crippen MR) is 244 cm³/mol. The first-order valence-electron chi connectivity index (χ1n) is 20.7. The van der Waals surface area contributed by atoms with Crippen molar-refractivity contribution in [2.24, 2.45) is 0 Å². The number of rotatable bonds is 8. The predicted octanol–water partition coefficient (Wildman–Crippen LogP) is 13.6. The van der Waals surface area contributed by atoms with Gasteiger partial charge in [-0.15, -0.1) is 41.5 Å². The van der Waals surface area contributed by atoms with E-state index in [2.05, 4.69) is 208 Å². The van der Waals surface area contributed by atoms with Gasteiger partial charge in [-0.05, 0) is 87.7 Å². The summed E-state index contributed by atoms with van der Waals surface area (Å²) in [7, 11) is 0. The molecule has 5 aromatic carbocycles. The molecular formula is C54H56N4OPt. The quantitative estimate of drug-likeness (QED) is 0.143. The van der Waals surface area contributed by atoms with Crippen molar-refractivity contribution in [2.45, 2.75) is 105 Å². The smallest absolute Gasteiger partial charge is 0.509 e. The Bertz CT molecular complexity index is 2830. The van der Waals surface area contributed by atoms with Crippen molar-refractivity contribution < 1.29 is 25.8 Å². The van der Waals surface area contributed by atoms with Crippen molar-refractivity contribution in [1.82, 2.24) is 19.3 Å². The van der Waals surface area contributed by atoms with Crippen LogP contribution in [-0.4, -0.2) is 19.3 Å². The topological polar surface area (TPSA) is 44.9 Å². The number of aromatic nitrogens is 4. The molecule has 3 heterocycles. The van der Waals surface area contributed by atoms with Gasteiger partial charge in [-0.25, -0.2) is 4.98 Å². The van der Waals surface area contributed by atoms with Gasteiger partial charge in [0.25, 0.3) is 0 Å². The molecule has 60 heavy (non-hydrogen) atoms. The minimum Gasteiger partial charge on any atom is -0.509 e. The van der Waals surface area contributed by atoms with E-state index in [1.807, 2.05) is 17.8 Å². The van der Waals surface area contributed by atoms with Crippen molar-refractivity contribution in [2.75, 3.05) is 0 Å². The molecule has 0 unspecified atom stereocenters. The molecule has 0 bridgehead atoms. The number of benzene rings is 5. The van der Waals surface area contributed by atoms with Crippen LogP contribution >= 0.6 is 0 Å². The van der Waals surface area contributed by atoms with Crippen molar-refractivity contribution in [1.29, 1.82) is 0 Å². The fourth-order valence-electron chi connectivity index (χ4n) is 8.41. The van der Waals surface area contributed by atoms with Gasteiger partial charge in [-0.2, -0.15) is 5.10 Å². The van der Waals surface area contributed by atoms with Crippen LogP contribution in [0.1, 0.15) is 114 Å². The molecule has 0 saturated carbocycles. The fourth-order valence-corrected chi connectivity index (χ4v) is 8.41. The molecule has 0 spiro atoms. The summed E-state index contributed by atoms with van der Waals surface area (Å²) >= 11 is 0. The van der Waals surface area contributed by atoms with Gasteiger partial charge < -0.3 is 9.30 Å². The number of ether oxygens (including phenoxy) is 1. The number of pyridine rings is 1. The Morgan fingerprint density at radius 1 is 0.567 bits per heavy atom. The molecule has 5 nitrogen and oxygen atoms in total. The third kappa shape index (κ3) is 7.90. The minimum absolute atomic E-state index is 0. The van der Waals surface area contributed by atoms with Crippen LogP contribution in [0.2, 0.25) is 0 Å². The van der Waals surface area contributed by atoms with Gasteiger partial charge in [0.05, 0.1) is 5.69 Å². The molecule has 0 fully saturated rings. The second kappa shape index (κ2) is 15.7. The van der Waals surface area contributed by atoms with Crippen molar-refractivity contribution in [3.8, 4) is 23.0 Å². The number of fused-ring (bicyclic) bond motifs is 3. The summed E-state index contributed by atoms with van der Waals surface area (Å²) in [4.78, 5) is 5.03. The summed E-state index contributed by atoms with van der Waals surface area (Å²) < 4.78 is 11.3. The number of nitrogens with zero attached hydrogens (tertiary/aromatic N) is 4. The number of hydrogen-bond acceptors (Lipinski definition) is 3. The van der Waals surface area contributed by atoms with Crippen molar-refractivity contribution in [3.63, 3.8) is 0 Å². The average Bonchev–Trinajstić information content (AvgIpc) is 3.72. The van der Waals surface area contributed by atoms with E-state index < -0.39 is 0 Å². The Balaban J connectivity index is 0.00000544. The largest absolute Gasteiger partial charge is 2.00 e. The SMILES string of the molecule is Cc1cc(C)n(-c2[c-]c(Oc3[c-]c4c(c(C(C)(C)C)c3)c3cc(C(C)(C)c5ccccc5)ccc3n4-c3cc(C(C)(C)C)ccn3)cc(C(C)(C)c3ccccc3)c2)n1.[Pt+2]. The van der Waals surface area contributed by atoms with Crippen LogP contribution in [0.15, 0.2) is 121 Å². The van der Waals surface area contributed by atoms with Gasteiger partial charge in [0.15, 0.2) is 0 Å². The van der Waals surface area contributed by atoms with Crippen molar-refractivity contribution >= 4 is 21.8 Å². The number of aryl methyl sites for hydroxylation is 2. The van der Waals surface area contributed by atoms with Crippen LogP contribution in [-0.2, 0) is 42.7 Å².